The standard InChI is InChI=1S/C23H23N5O2S/c1-14(23-28-21(13-31-23)16-7-9-24-10-8-16)26-22(30)20(27-15(2)29)11-17-12-25-19-6-4-3-5-18(17)19/h3-10,12-14,20,25H,11H2,1-2H3,(H,26,30)(H,27,29). The number of carbonyl (C=O) groups is 2. The molecule has 0 bridgehead atoms. The quantitative estimate of drug-likeness (QED) is 0.414. The summed E-state index contributed by atoms with van der Waals surface area (Å²) in [5.41, 5.74) is 3.80. The minimum Gasteiger partial charge on any atom is -0.361 e. The maximum absolute atomic E-state index is 13.0. The molecule has 0 saturated heterocycles. The zero-order valence-electron chi connectivity index (χ0n) is 17.3. The summed E-state index contributed by atoms with van der Waals surface area (Å²) in [4.78, 5) is 36.7. The van der Waals surface area contributed by atoms with Crippen LogP contribution in [0.2, 0.25) is 0 Å². The second kappa shape index (κ2) is 9.09. The van der Waals surface area contributed by atoms with E-state index in [1.54, 1.807) is 12.4 Å². The molecule has 0 radical (unpaired) electrons. The molecular weight excluding hydrogens is 410 g/mol. The molecule has 2 atom stereocenters. The summed E-state index contributed by atoms with van der Waals surface area (Å²) in [5.74, 6) is -0.490. The first kappa shape index (κ1) is 20.7. The summed E-state index contributed by atoms with van der Waals surface area (Å²) < 4.78 is 0. The number of pyridine rings is 1. The Bertz CT molecular complexity index is 1200. The van der Waals surface area contributed by atoms with E-state index >= 15 is 0 Å². The number of fused-ring (bicyclic) bond motifs is 1. The summed E-state index contributed by atoms with van der Waals surface area (Å²) in [7, 11) is 0. The molecule has 4 rings (SSSR count). The Kier molecular flexibility index (Phi) is 6.08. The first-order valence-electron chi connectivity index (χ1n) is 9.99. The van der Waals surface area contributed by atoms with E-state index in [9.17, 15) is 9.59 Å². The van der Waals surface area contributed by atoms with Crippen molar-refractivity contribution < 1.29 is 9.59 Å². The lowest BCUT2D eigenvalue weighted by Crippen LogP contribution is -2.47. The Labute approximate surface area is 183 Å². The van der Waals surface area contributed by atoms with E-state index in [1.807, 2.05) is 54.9 Å². The van der Waals surface area contributed by atoms with Gasteiger partial charge in [-0.3, -0.25) is 14.6 Å². The SMILES string of the molecule is CC(=O)NC(Cc1c[nH]c2ccccc12)C(=O)NC(C)c1nc(-c2ccncc2)cs1. The van der Waals surface area contributed by atoms with Gasteiger partial charge in [-0.25, -0.2) is 4.98 Å². The number of para-hydroxylation sites is 1. The number of carbonyl (C=O) groups excluding carboxylic acids is 2. The number of rotatable bonds is 7. The highest BCUT2D eigenvalue weighted by Crippen LogP contribution is 2.25. The second-order valence-electron chi connectivity index (χ2n) is 7.35. The van der Waals surface area contributed by atoms with Gasteiger partial charge in [0.15, 0.2) is 0 Å². The van der Waals surface area contributed by atoms with Gasteiger partial charge in [-0.1, -0.05) is 18.2 Å². The molecule has 0 aliphatic carbocycles. The average Bonchev–Trinajstić information content (AvgIpc) is 3.41. The molecule has 158 valence electrons. The number of hydrogen-bond acceptors (Lipinski definition) is 5. The van der Waals surface area contributed by atoms with Crippen LogP contribution in [-0.2, 0) is 16.0 Å². The first-order valence-corrected chi connectivity index (χ1v) is 10.9. The van der Waals surface area contributed by atoms with Gasteiger partial charge in [-0.2, -0.15) is 0 Å². The highest BCUT2D eigenvalue weighted by Gasteiger charge is 2.24. The van der Waals surface area contributed by atoms with E-state index in [0.29, 0.717) is 6.42 Å². The van der Waals surface area contributed by atoms with Gasteiger partial charge >= 0.3 is 0 Å². The van der Waals surface area contributed by atoms with E-state index in [0.717, 1.165) is 32.7 Å². The average molecular weight is 434 g/mol. The highest BCUT2D eigenvalue weighted by atomic mass is 32.1. The fourth-order valence-corrected chi connectivity index (χ4v) is 4.33. The monoisotopic (exact) mass is 433 g/mol. The summed E-state index contributed by atoms with van der Waals surface area (Å²) in [5, 5.41) is 9.59. The molecule has 0 spiro atoms. The van der Waals surface area contributed by atoms with Crippen LogP contribution in [0.4, 0.5) is 0 Å². The fraction of sp³-hybridized carbons (Fsp3) is 0.217. The maximum Gasteiger partial charge on any atom is 0.243 e. The number of aromatic amines is 1. The van der Waals surface area contributed by atoms with Crippen molar-refractivity contribution in [3.63, 3.8) is 0 Å². The Morgan fingerprint density at radius 2 is 1.90 bits per heavy atom. The van der Waals surface area contributed by atoms with Gasteiger partial charge in [-0.05, 0) is 30.7 Å². The van der Waals surface area contributed by atoms with Crippen LogP contribution in [0.1, 0.15) is 30.5 Å². The molecule has 3 aromatic heterocycles. The van der Waals surface area contributed by atoms with Gasteiger partial charge in [0.1, 0.15) is 11.0 Å². The predicted molar refractivity (Wildman–Crippen MR) is 122 cm³/mol. The van der Waals surface area contributed by atoms with Crippen molar-refractivity contribution >= 4 is 34.1 Å². The Morgan fingerprint density at radius 1 is 1.13 bits per heavy atom. The van der Waals surface area contributed by atoms with Crippen LogP contribution in [0.3, 0.4) is 0 Å². The molecule has 31 heavy (non-hydrogen) atoms. The molecular formula is C23H23N5O2S. The zero-order valence-corrected chi connectivity index (χ0v) is 18.1. The fourth-order valence-electron chi connectivity index (χ4n) is 3.49. The van der Waals surface area contributed by atoms with Crippen LogP contribution in [0, 0.1) is 0 Å². The molecule has 0 aliphatic rings. The normalized spacial score (nSPS) is 13.0. The van der Waals surface area contributed by atoms with Crippen LogP contribution in [-0.4, -0.2) is 32.8 Å². The number of thiazole rings is 1. The molecule has 0 aliphatic heterocycles. The van der Waals surface area contributed by atoms with Crippen molar-refractivity contribution in [2.45, 2.75) is 32.4 Å². The van der Waals surface area contributed by atoms with Crippen molar-refractivity contribution in [3.8, 4) is 11.3 Å². The van der Waals surface area contributed by atoms with Crippen LogP contribution in [0.15, 0.2) is 60.4 Å². The van der Waals surface area contributed by atoms with Gasteiger partial charge in [0.25, 0.3) is 0 Å². The molecule has 3 N–H and O–H groups in total. The molecule has 3 heterocycles. The summed E-state index contributed by atoms with van der Waals surface area (Å²) in [6.45, 7) is 3.31. The minimum absolute atomic E-state index is 0.242. The van der Waals surface area contributed by atoms with Gasteiger partial charge in [-0.15, -0.1) is 11.3 Å². The third-order valence-corrected chi connectivity index (χ3v) is 6.05. The highest BCUT2D eigenvalue weighted by molar-refractivity contribution is 7.10. The lowest BCUT2D eigenvalue weighted by Gasteiger charge is -2.20. The number of nitrogens with zero attached hydrogens (tertiary/aromatic N) is 2. The first-order chi connectivity index (χ1) is 15.0. The summed E-state index contributed by atoms with van der Waals surface area (Å²) in [6.07, 6.45) is 5.73. The van der Waals surface area contributed by atoms with Crippen LogP contribution < -0.4 is 10.6 Å². The Balaban J connectivity index is 1.48. The second-order valence-corrected chi connectivity index (χ2v) is 8.24. The number of benzene rings is 1. The third kappa shape index (κ3) is 4.80. The third-order valence-electron chi connectivity index (χ3n) is 5.02. The molecule has 0 saturated carbocycles. The number of hydrogen-bond donors (Lipinski definition) is 3. The van der Waals surface area contributed by atoms with E-state index in [4.69, 9.17) is 0 Å². The summed E-state index contributed by atoms with van der Waals surface area (Å²) >= 11 is 1.49. The predicted octanol–water partition coefficient (Wildman–Crippen LogP) is 3.61. The van der Waals surface area contributed by atoms with Crippen molar-refractivity contribution in [2.75, 3.05) is 0 Å². The van der Waals surface area contributed by atoms with Gasteiger partial charge < -0.3 is 15.6 Å². The summed E-state index contributed by atoms with van der Waals surface area (Å²) in [6, 6.07) is 10.7. The molecule has 7 nitrogen and oxygen atoms in total. The van der Waals surface area contributed by atoms with E-state index in [1.165, 1.54) is 18.3 Å². The van der Waals surface area contributed by atoms with Gasteiger partial charge in [0.2, 0.25) is 11.8 Å². The molecule has 2 unspecified atom stereocenters. The Morgan fingerprint density at radius 3 is 2.68 bits per heavy atom. The molecule has 2 amide bonds. The van der Waals surface area contributed by atoms with Gasteiger partial charge in [0.05, 0.1) is 11.7 Å². The van der Waals surface area contributed by atoms with E-state index in [-0.39, 0.29) is 17.9 Å². The number of H-pyrrole nitrogens is 1. The number of amides is 2. The smallest absolute Gasteiger partial charge is 0.243 e. The number of aromatic nitrogens is 3. The van der Waals surface area contributed by atoms with Crippen LogP contribution in [0.5, 0.6) is 0 Å². The van der Waals surface area contributed by atoms with Crippen LogP contribution >= 0.6 is 11.3 Å². The maximum atomic E-state index is 13.0. The van der Waals surface area contributed by atoms with E-state index < -0.39 is 6.04 Å². The van der Waals surface area contributed by atoms with Crippen molar-refractivity contribution in [1.29, 1.82) is 0 Å². The minimum atomic E-state index is -0.682. The van der Waals surface area contributed by atoms with Crippen molar-refractivity contribution in [3.05, 3.63) is 70.9 Å². The Hall–Kier alpha value is -3.52. The van der Waals surface area contributed by atoms with Crippen LogP contribution in [0.25, 0.3) is 22.2 Å². The topological polar surface area (TPSA) is 99.8 Å². The molecule has 0 fully saturated rings. The molecule has 1 aromatic carbocycles. The lowest BCUT2D eigenvalue weighted by molar-refractivity contribution is -0.128. The lowest BCUT2D eigenvalue weighted by atomic mass is 10.0. The van der Waals surface area contributed by atoms with Crippen molar-refractivity contribution in [2.24, 2.45) is 0 Å². The van der Waals surface area contributed by atoms with Gasteiger partial charge in [0, 0.05) is 53.8 Å². The largest absolute Gasteiger partial charge is 0.361 e. The van der Waals surface area contributed by atoms with E-state index in [2.05, 4.69) is 25.6 Å². The van der Waals surface area contributed by atoms with Crippen molar-refractivity contribution in [1.82, 2.24) is 25.6 Å². The number of nitrogens with one attached hydrogen (secondary N) is 3. The molecule has 8 heteroatoms. The molecule has 4 aromatic rings. The zero-order chi connectivity index (χ0) is 21.8.